The maximum Gasteiger partial charge on any atom is 0.142 e. The van der Waals surface area contributed by atoms with Crippen molar-refractivity contribution in [3.8, 4) is 0 Å². The minimum absolute atomic E-state index is 0.255. The third-order valence-corrected chi connectivity index (χ3v) is 4.01. The predicted molar refractivity (Wildman–Crippen MR) is 85.4 cm³/mol. The molecule has 0 bridgehead atoms. The second kappa shape index (κ2) is 5.47. The van der Waals surface area contributed by atoms with Gasteiger partial charge in [0.25, 0.3) is 0 Å². The second-order valence-corrected chi connectivity index (χ2v) is 5.40. The molecule has 2 nitrogen and oxygen atoms in total. The zero-order valence-electron chi connectivity index (χ0n) is 11.7. The van der Waals surface area contributed by atoms with E-state index in [0.29, 0.717) is 0 Å². The molecule has 0 saturated carbocycles. The second-order valence-electron chi connectivity index (χ2n) is 4.99. The number of furan rings is 1. The largest absolute Gasteiger partial charge is 0.459 e. The molecule has 0 aliphatic heterocycles. The zero-order chi connectivity index (χ0) is 14.1. The highest BCUT2D eigenvalue weighted by Gasteiger charge is 2.15. The molecule has 0 aliphatic carbocycles. The van der Waals surface area contributed by atoms with Gasteiger partial charge in [-0.25, -0.2) is 0 Å². The molecule has 0 saturated heterocycles. The molecular formula is C17H18ClNO. The Kier molecular flexibility index (Phi) is 3.68. The van der Waals surface area contributed by atoms with Gasteiger partial charge in [0.15, 0.2) is 0 Å². The lowest BCUT2D eigenvalue weighted by atomic mass is 10.1. The third kappa shape index (κ3) is 2.19. The van der Waals surface area contributed by atoms with Gasteiger partial charge in [-0.1, -0.05) is 49.7 Å². The molecule has 3 heteroatoms. The van der Waals surface area contributed by atoms with Crippen molar-refractivity contribution in [2.24, 2.45) is 0 Å². The highest BCUT2D eigenvalue weighted by Crippen LogP contribution is 2.35. The number of rotatable bonds is 4. The van der Waals surface area contributed by atoms with Crippen molar-refractivity contribution in [2.75, 3.05) is 6.54 Å². The number of halogens is 1. The van der Waals surface area contributed by atoms with Gasteiger partial charge in [-0.05, 0) is 25.1 Å². The van der Waals surface area contributed by atoms with Crippen molar-refractivity contribution < 1.29 is 4.42 Å². The summed E-state index contributed by atoms with van der Waals surface area (Å²) < 4.78 is 6.12. The van der Waals surface area contributed by atoms with Crippen molar-refractivity contribution in [1.29, 1.82) is 0 Å². The molecule has 0 aliphatic rings. The number of fused-ring (bicyclic) bond motifs is 3. The van der Waals surface area contributed by atoms with Crippen molar-refractivity contribution in [2.45, 2.75) is 26.3 Å². The summed E-state index contributed by atoms with van der Waals surface area (Å²) in [6, 6.07) is 12.4. The molecule has 1 N–H and O–H groups in total. The summed E-state index contributed by atoms with van der Waals surface area (Å²) in [6.45, 7) is 5.19. The first kappa shape index (κ1) is 13.5. The van der Waals surface area contributed by atoms with Crippen LogP contribution in [0.5, 0.6) is 0 Å². The van der Waals surface area contributed by atoms with Crippen LogP contribution in [0, 0.1) is 0 Å². The molecule has 1 atom stereocenters. The number of nitrogens with one attached hydrogen (secondary N) is 1. The van der Waals surface area contributed by atoms with Gasteiger partial charge >= 0.3 is 0 Å². The molecule has 2 aromatic carbocycles. The Labute approximate surface area is 123 Å². The summed E-state index contributed by atoms with van der Waals surface area (Å²) in [5.41, 5.74) is 0.927. The normalized spacial score (nSPS) is 13.2. The minimum atomic E-state index is 0.255. The summed E-state index contributed by atoms with van der Waals surface area (Å²) >= 11 is 6.36. The van der Waals surface area contributed by atoms with Gasteiger partial charge in [-0.15, -0.1) is 0 Å². The molecule has 0 spiro atoms. The lowest BCUT2D eigenvalue weighted by Gasteiger charge is -2.12. The fourth-order valence-corrected chi connectivity index (χ4v) is 2.99. The fourth-order valence-electron chi connectivity index (χ4n) is 2.71. The molecule has 104 valence electrons. The van der Waals surface area contributed by atoms with Gasteiger partial charge in [0.2, 0.25) is 0 Å². The van der Waals surface area contributed by atoms with Gasteiger partial charge in [0.05, 0.1) is 6.04 Å². The fraction of sp³-hybridized carbons (Fsp3) is 0.294. The van der Waals surface area contributed by atoms with Crippen LogP contribution < -0.4 is 5.32 Å². The van der Waals surface area contributed by atoms with Gasteiger partial charge in [0.1, 0.15) is 11.3 Å². The average molecular weight is 288 g/mol. The Bertz CT molecular complexity index is 747. The van der Waals surface area contributed by atoms with Gasteiger partial charge in [-0.2, -0.15) is 0 Å². The molecule has 0 fully saturated rings. The maximum atomic E-state index is 6.36. The number of hydrogen-bond acceptors (Lipinski definition) is 2. The smallest absolute Gasteiger partial charge is 0.142 e. The van der Waals surface area contributed by atoms with Crippen molar-refractivity contribution in [1.82, 2.24) is 5.32 Å². The monoisotopic (exact) mass is 287 g/mol. The summed E-state index contributed by atoms with van der Waals surface area (Å²) in [4.78, 5) is 0. The summed E-state index contributed by atoms with van der Waals surface area (Å²) in [6.07, 6.45) is 0.999. The Morgan fingerprint density at radius 2 is 1.90 bits per heavy atom. The van der Waals surface area contributed by atoms with E-state index in [1.54, 1.807) is 0 Å². The first-order chi connectivity index (χ1) is 9.74. The van der Waals surface area contributed by atoms with E-state index in [1.807, 2.05) is 24.3 Å². The Morgan fingerprint density at radius 1 is 1.15 bits per heavy atom. The zero-order valence-corrected chi connectivity index (χ0v) is 12.5. The van der Waals surface area contributed by atoms with Crippen LogP contribution in [0.4, 0.5) is 0 Å². The highest BCUT2D eigenvalue weighted by atomic mass is 35.5. The van der Waals surface area contributed by atoms with Crippen LogP contribution in [0.3, 0.4) is 0 Å². The topological polar surface area (TPSA) is 25.2 Å². The van der Waals surface area contributed by atoms with Gasteiger partial charge in [-0.3, -0.25) is 0 Å². The predicted octanol–water partition coefficient (Wildman–Crippen LogP) is 5.30. The van der Waals surface area contributed by atoms with E-state index in [1.165, 1.54) is 0 Å². The van der Waals surface area contributed by atoms with Crippen LogP contribution in [0.1, 0.15) is 32.1 Å². The third-order valence-electron chi connectivity index (χ3n) is 3.69. The minimum Gasteiger partial charge on any atom is -0.459 e. The number of hydrogen-bond donors (Lipinski definition) is 1. The van der Waals surface area contributed by atoms with E-state index >= 15 is 0 Å². The average Bonchev–Trinajstić information content (AvgIpc) is 2.89. The molecule has 1 unspecified atom stereocenters. The van der Waals surface area contributed by atoms with Crippen molar-refractivity contribution in [3.63, 3.8) is 0 Å². The molecule has 3 rings (SSSR count). The van der Waals surface area contributed by atoms with E-state index in [4.69, 9.17) is 16.0 Å². The Morgan fingerprint density at radius 3 is 2.60 bits per heavy atom. The van der Waals surface area contributed by atoms with E-state index in [0.717, 1.165) is 45.5 Å². The summed E-state index contributed by atoms with van der Waals surface area (Å²) in [7, 11) is 0. The van der Waals surface area contributed by atoms with E-state index < -0.39 is 0 Å². The van der Waals surface area contributed by atoms with E-state index in [2.05, 4.69) is 31.3 Å². The Hall–Kier alpha value is -1.51. The van der Waals surface area contributed by atoms with Crippen LogP contribution in [-0.4, -0.2) is 6.54 Å². The quantitative estimate of drug-likeness (QED) is 0.704. The molecule has 1 aromatic heterocycles. The van der Waals surface area contributed by atoms with Crippen LogP contribution in [0.25, 0.3) is 21.7 Å². The summed E-state index contributed by atoms with van der Waals surface area (Å²) in [5.74, 6) is 0.983. The molecule has 20 heavy (non-hydrogen) atoms. The molecule has 3 aromatic rings. The summed E-state index contributed by atoms with van der Waals surface area (Å²) in [5, 5.41) is 7.41. The van der Waals surface area contributed by atoms with Gasteiger partial charge < -0.3 is 9.73 Å². The SMILES string of the molecule is CCNC(CC)c1cc2cc(Cl)c3ccccc3c2o1. The molecular weight excluding hydrogens is 270 g/mol. The Balaban J connectivity index is 2.22. The first-order valence-corrected chi connectivity index (χ1v) is 7.46. The molecule has 0 radical (unpaired) electrons. The van der Waals surface area contributed by atoms with Crippen molar-refractivity contribution >= 4 is 33.3 Å². The van der Waals surface area contributed by atoms with E-state index in [9.17, 15) is 0 Å². The highest BCUT2D eigenvalue weighted by molar-refractivity contribution is 6.37. The maximum absolute atomic E-state index is 6.36. The lowest BCUT2D eigenvalue weighted by molar-refractivity contribution is 0.429. The van der Waals surface area contributed by atoms with Crippen LogP contribution in [0.15, 0.2) is 40.8 Å². The number of benzene rings is 2. The molecule has 0 amide bonds. The molecule has 1 heterocycles. The lowest BCUT2D eigenvalue weighted by Crippen LogP contribution is -2.19. The van der Waals surface area contributed by atoms with Crippen LogP contribution in [0.2, 0.25) is 5.02 Å². The van der Waals surface area contributed by atoms with Gasteiger partial charge in [0, 0.05) is 21.2 Å². The van der Waals surface area contributed by atoms with Crippen LogP contribution >= 0.6 is 11.6 Å². The van der Waals surface area contributed by atoms with E-state index in [-0.39, 0.29) is 6.04 Å². The van der Waals surface area contributed by atoms with Crippen LogP contribution in [-0.2, 0) is 0 Å². The standard InChI is InChI=1S/C17H18ClNO/c1-3-15(19-4-2)16-10-11-9-14(18)12-7-5-6-8-13(12)17(11)20-16/h5-10,15,19H,3-4H2,1-2H3. The van der Waals surface area contributed by atoms with Crippen molar-refractivity contribution in [3.05, 3.63) is 47.2 Å². The first-order valence-electron chi connectivity index (χ1n) is 7.08.